The highest BCUT2D eigenvalue weighted by molar-refractivity contribution is 6.08. The average Bonchev–Trinajstić information content (AvgIpc) is 2.86. The van der Waals surface area contributed by atoms with Crippen LogP contribution in [0, 0.1) is 0 Å². The van der Waals surface area contributed by atoms with Crippen LogP contribution in [0.25, 0.3) is 6.08 Å². The molecule has 1 aliphatic rings. The van der Waals surface area contributed by atoms with E-state index in [4.69, 9.17) is 14.2 Å². The van der Waals surface area contributed by atoms with Gasteiger partial charge in [0, 0.05) is 12.1 Å². The van der Waals surface area contributed by atoms with E-state index in [-0.39, 0.29) is 17.6 Å². The molecular formula is C28H28N2O5. The molecule has 0 saturated heterocycles. The Bertz CT molecular complexity index is 1230. The summed E-state index contributed by atoms with van der Waals surface area (Å²) >= 11 is 0. The van der Waals surface area contributed by atoms with E-state index in [1.54, 1.807) is 42.5 Å². The molecule has 3 aromatic carbocycles. The molecule has 2 amide bonds. The molecule has 3 aromatic rings. The summed E-state index contributed by atoms with van der Waals surface area (Å²) in [6.45, 7) is 5.47. The van der Waals surface area contributed by atoms with Crippen LogP contribution in [-0.4, -0.2) is 31.6 Å². The van der Waals surface area contributed by atoms with Gasteiger partial charge in [-0.3, -0.25) is 9.59 Å². The molecule has 0 spiro atoms. The molecule has 2 N–H and O–H groups in total. The Morgan fingerprint density at radius 1 is 0.971 bits per heavy atom. The highest BCUT2D eigenvalue weighted by Crippen LogP contribution is 2.31. The minimum atomic E-state index is -0.313. The second-order valence-corrected chi connectivity index (χ2v) is 7.84. The molecule has 4 rings (SSSR count). The lowest BCUT2D eigenvalue weighted by atomic mass is 10.1. The van der Waals surface area contributed by atoms with Crippen molar-refractivity contribution in [1.82, 2.24) is 5.32 Å². The van der Waals surface area contributed by atoms with Gasteiger partial charge in [0.25, 0.3) is 11.8 Å². The largest absolute Gasteiger partial charge is 0.490 e. The van der Waals surface area contributed by atoms with Crippen LogP contribution in [0.1, 0.15) is 35.3 Å². The number of carbonyl (C=O) groups is 2. The standard InChI is InChI=1S/C28H28N2O5/c1-3-33-24-14-11-20(17-25(24)34-4-2)15-16-29-27(31)21-12-9-19(10-13-21)18-26-28(32)30-22-7-5-6-8-23(22)35-26/h5-14,17-18H,3-4,15-16H2,1-2H3,(H,29,31)(H,30,32)/b26-18-. The first-order valence-electron chi connectivity index (χ1n) is 11.6. The number of para-hydroxylation sites is 2. The fraction of sp³-hybridized carbons (Fsp3) is 0.214. The lowest BCUT2D eigenvalue weighted by Crippen LogP contribution is -2.25. The van der Waals surface area contributed by atoms with Crippen molar-refractivity contribution in [1.29, 1.82) is 0 Å². The lowest BCUT2D eigenvalue weighted by Gasteiger charge is -2.19. The molecule has 0 aromatic heterocycles. The number of benzene rings is 3. The zero-order chi connectivity index (χ0) is 24.6. The summed E-state index contributed by atoms with van der Waals surface area (Å²) in [5, 5.41) is 5.75. The summed E-state index contributed by atoms with van der Waals surface area (Å²) < 4.78 is 17.0. The summed E-state index contributed by atoms with van der Waals surface area (Å²) in [7, 11) is 0. The third kappa shape index (κ3) is 6.00. The van der Waals surface area contributed by atoms with Gasteiger partial charge in [-0.2, -0.15) is 0 Å². The first-order chi connectivity index (χ1) is 17.1. The van der Waals surface area contributed by atoms with E-state index in [0.29, 0.717) is 48.9 Å². The van der Waals surface area contributed by atoms with Gasteiger partial charge in [-0.15, -0.1) is 0 Å². The Morgan fingerprint density at radius 3 is 2.49 bits per heavy atom. The average molecular weight is 473 g/mol. The van der Waals surface area contributed by atoms with Crippen molar-refractivity contribution in [2.45, 2.75) is 20.3 Å². The van der Waals surface area contributed by atoms with Crippen LogP contribution in [0.2, 0.25) is 0 Å². The molecule has 0 fully saturated rings. The van der Waals surface area contributed by atoms with Crippen LogP contribution < -0.4 is 24.8 Å². The maximum Gasteiger partial charge on any atom is 0.291 e. The van der Waals surface area contributed by atoms with Crippen LogP contribution >= 0.6 is 0 Å². The molecule has 0 radical (unpaired) electrons. The minimum absolute atomic E-state index is 0.166. The molecule has 0 unspecified atom stereocenters. The van der Waals surface area contributed by atoms with Crippen molar-refractivity contribution < 1.29 is 23.8 Å². The van der Waals surface area contributed by atoms with E-state index in [2.05, 4.69) is 10.6 Å². The maximum absolute atomic E-state index is 12.6. The molecule has 1 heterocycles. The summed E-state index contributed by atoms with van der Waals surface area (Å²) in [5.74, 6) is 1.74. The molecule has 0 aliphatic carbocycles. The van der Waals surface area contributed by atoms with Gasteiger partial charge in [0.1, 0.15) is 0 Å². The first-order valence-corrected chi connectivity index (χ1v) is 11.6. The fourth-order valence-corrected chi connectivity index (χ4v) is 3.66. The molecule has 7 heteroatoms. The molecule has 0 saturated carbocycles. The number of ether oxygens (including phenoxy) is 3. The normalized spacial score (nSPS) is 13.4. The van der Waals surface area contributed by atoms with Crippen molar-refractivity contribution in [2.24, 2.45) is 0 Å². The van der Waals surface area contributed by atoms with Crippen LogP contribution in [0.15, 0.2) is 72.5 Å². The van der Waals surface area contributed by atoms with Crippen LogP contribution in [0.3, 0.4) is 0 Å². The summed E-state index contributed by atoms with van der Waals surface area (Å²) in [4.78, 5) is 24.9. The van der Waals surface area contributed by atoms with Gasteiger partial charge < -0.3 is 24.8 Å². The Kier molecular flexibility index (Phi) is 7.67. The summed E-state index contributed by atoms with van der Waals surface area (Å²) in [6, 6.07) is 20.1. The Hall–Kier alpha value is -4.26. The minimum Gasteiger partial charge on any atom is -0.490 e. The third-order valence-corrected chi connectivity index (χ3v) is 5.36. The van der Waals surface area contributed by atoms with Gasteiger partial charge in [-0.25, -0.2) is 0 Å². The number of anilines is 1. The number of fused-ring (bicyclic) bond motifs is 1. The number of nitrogens with one attached hydrogen (secondary N) is 2. The van der Waals surface area contributed by atoms with Crippen molar-refractivity contribution >= 4 is 23.6 Å². The van der Waals surface area contributed by atoms with Gasteiger partial charge in [0.15, 0.2) is 23.0 Å². The molecule has 7 nitrogen and oxygen atoms in total. The monoisotopic (exact) mass is 472 g/mol. The van der Waals surface area contributed by atoms with Gasteiger partial charge in [-0.1, -0.05) is 30.3 Å². The highest BCUT2D eigenvalue weighted by atomic mass is 16.5. The fourth-order valence-electron chi connectivity index (χ4n) is 3.66. The topological polar surface area (TPSA) is 85.9 Å². The van der Waals surface area contributed by atoms with Gasteiger partial charge in [0.05, 0.1) is 18.9 Å². The predicted octanol–water partition coefficient (Wildman–Crippen LogP) is 4.83. The van der Waals surface area contributed by atoms with Gasteiger partial charge >= 0.3 is 0 Å². The zero-order valence-corrected chi connectivity index (χ0v) is 19.8. The van der Waals surface area contributed by atoms with Crippen molar-refractivity contribution in [3.63, 3.8) is 0 Å². The second kappa shape index (κ2) is 11.2. The maximum atomic E-state index is 12.6. The van der Waals surface area contributed by atoms with Gasteiger partial charge in [-0.05, 0) is 73.9 Å². The van der Waals surface area contributed by atoms with Crippen molar-refractivity contribution in [3.8, 4) is 17.2 Å². The SMILES string of the molecule is CCOc1ccc(CCNC(=O)c2ccc(/C=C3\Oc4ccccc4NC3=O)cc2)cc1OCC. The molecular weight excluding hydrogens is 444 g/mol. The Balaban J connectivity index is 1.34. The predicted molar refractivity (Wildman–Crippen MR) is 135 cm³/mol. The lowest BCUT2D eigenvalue weighted by molar-refractivity contribution is -0.115. The number of rotatable bonds is 9. The van der Waals surface area contributed by atoms with Crippen LogP contribution in [0.5, 0.6) is 17.2 Å². The van der Waals surface area contributed by atoms with E-state index < -0.39 is 0 Å². The molecule has 0 bridgehead atoms. The summed E-state index contributed by atoms with van der Waals surface area (Å²) in [5.41, 5.74) is 2.98. The van der Waals surface area contributed by atoms with Gasteiger partial charge in [0.2, 0.25) is 0 Å². The smallest absolute Gasteiger partial charge is 0.291 e. The quantitative estimate of drug-likeness (QED) is 0.436. The van der Waals surface area contributed by atoms with Crippen molar-refractivity contribution in [3.05, 3.63) is 89.2 Å². The molecule has 180 valence electrons. The number of hydrogen-bond acceptors (Lipinski definition) is 5. The summed E-state index contributed by atoms with van der Waals surface area (Å²) in [6.07, 6.45) is 2.31. The second-order valence-electron chi connectivity index (χ2n) is 7.84. The first kappa shape index (κ1) is 23.9. The third-order valence-electron chi connectivity index (χ3n) is 5.36. The Morgan fingerprint density at radius 2 is 1.71 bits per heavy atom. The van der Waals surface area contributed by atoms with Crippen LogP contribution in [0.4, 0.5) is 5.69 Å². The van der Waals surface area contributed by atoms with E-state index in [1.807, 2.05) is 44.2 Å². The molecule has 0 atom stereocenters. The van der Waals surface area contributed by atoms with E-state index in [9.17, 15) is 9.59 Å². The highest BCUT2D eigenvalue weighted by Gasteiger charge is 2.21. The molecule has 35 heavy (non-hydrogen) atoms. The number of amides is 2. The van der Waals surface area contributed by atoms with E-state index >= 15 is 0 Å². The Labute approximate surface area is 204 Å². The van der Waals surface area contributed by atoms with E-state index in [0.717, 1.165) is 16.9 Å². The number of hydrogen-bond donors (Lipinski definition) is 2. The van der Waals surface area contributed by atoms with Crippen LogP contribution in [-0.2, 0) is 11.2 Å². The molecule has 1 aliphatic heterocycles. The van der Waals surface area contributed by atoms with Crippen molar-refractivity contribution in [2.75, 3.05) is 25.1 Å². The van der Waals surface area contributed by atoms with E-state index in [1.165, 1.54) is 0 Å². The number of carbonyl (C=O) groups excluding carboxylic acids is 2. The zero-order valence-electron chi connectivity index (χ0n) is 19.8.